The number of H-pyrrole nitrogens is 3. The zero-order chi connectivity index (χ0) is 17.4. The Morgan fingerprint density at radius 2 is 1.84 bits per heavy atom. The van der Waals surface area contributed by atoms with Crippen molar-refractivity contribution in [1.82, 2.24) is 19.9 Å². The van der Waals surface area contributed by atoms with Crippen molar-refractivity contribution in [3.05, 3.63) is 65.5 Å². The summed E-state index contributed by atoms with van der Waals surface area (Å²) in [6.45, 7) is 0. The Bertz CT molecular complexity index is 1210. The fourth-order valence-corrected chi connectivity index (χ4v) is 3.63. The second-order valence-electron chi connectivity index (χ2n) is 5.44. The Labute approximate surface area is 142 Å². The monoisotopic (exact) mass is 355 g/mol. The lowest BCUT2D eigenvalue weighted by atomic mass is 10.1. The first kappa shape index (κ1) is 15.2. The number of imidazole rings is 2. The van der Waals surface area contributed by atoms with Crippen LogP contribution in [0.25, 0.3) is 22.3 Å². The Morgan fingerprint density at radius 3 is 2.64 bits per heavy atom. The second kappa shape index (κ2) is 5.64. The van der Waals surface area contributed by atoms with Crippen LogP contribution < -0.4 is 10.4 Å². The first-order valence-corrected chi connectivity index (χ1v) is 8.83. The molecule has 0 radical (unpaired) electrons. The third kappa shape index (κ3) is 2.92. The molecule has 0 unspecified atom stereocenters. The summed E-state index contributed by atoms with van der Waals surface area (Å²) in [5.41, 5.74) is 2.61. The first-order valence-electron chi connectivity index (χ1n) is 7.35. The van der Waals surface area contributed by atoms with Gasteiger partial charge in [-0.2, -0.15) is 0 Å². The van der Waals surface area contributed by atoms with E-state index in [9.17, 15) is 13.2 Å². The molecule has 0 aliphatic heterocycles. The Balaban J connectivity index is 1.68. The molecule has 4 N–H and O–H groups in total. The van der Waals surface area contributed by atoms with Crippen molar-refractivity contribution in [2.24, 2.45) is 0 Å². The molecule has 0 amide bonds. The molecule has 9 heteroatoms. The van der Waals surface area contributed by atoms with Crippen molar-refractivity contribution in [1.29, 1.82) is 0 Å². The van der Waals surface area contributed by atoms with Crippen molar-refractivity contribution in [3.63, 3.8) is 0 Å². The minimum atomic E-state index is -3.79. The summed E-state index contributed by atoms with van der Waals surface area (Å²) in [6, 6.07) is 11.4. The van der Waals surface area contributed by atoms with Gasteiger partial charge in [0, 0.05) is 11.3 Å². The van der Waals surface area contributed by atoms with Gasteiger partial charge in [-0.05, 0) is 30.3 Å². The summed E-state index contributed by atoms with van der Waals surface area (Å²) in [7, 11) is -3.79. The van der Waals surface area contributed by atoms with Gasteiger partial charge in [0.1, 0.15) is 0 Å². The Hall–Kier alpha value is -3.33. The van der Waals surface area contributed by atoms with Crippen LogP contribution in [0.5, 0.6) is 0 Å². The van der Waals surface area contributed by atoms with E-state index < -0.39 is 10.0 Å². The van der Waals surface area contributed by atoms with Crippen LogP contribution in [0.2, 0.25) is 0 Å². The normalized spacial score (nSPS) is 11.7. The van der Waals surface area contributed by atoms with Crippen LogP contribution in [-0.4, -0.2) is 28.4 Å². The summed E-state index contributed by atoms with van der Waals surface area (Å²) < 4.78 is 27.8. The molecule has 0 saturated heterocycles. The van der Waals surface area contributed by atoms with Crippen molar-refractivity contribution in [3.8, 4) is 11.3 Å². The van der Waals surface area contributed by atoms with Gasteiger partial charge in [-0.1, -0.05) is 12.1 Å². The van der Waals surface area contributed by atoms with E-state index in [4.69, 9.17) is 0 Å². The second-order valence-corrected chi connectivity index (χ2v) is 7.12. The summed E-state index contributed by atoms with van der Waals surface area (Å²) in [4.78, 5) is 23.4. The maximum Gasteiger partial charge on any atom is 0.323 e. The predicted molar refractivity (Wildman–Crippen MR) is 93.8 cm³/mol. The number of aromatic nitrogens is 4. The molecule has 4 rings (SSSR count). The fraction of sp³-hybridized carbons (Fsp3) is 0. The van der Waals surface area contributed by atoms with Crippen molar-refractivity contribution in [2.75, 3.05) is 4.72 Å². The predicted octanol–water partition coefficient (Wildman–Crippen LogP) is 2.05. The third-order valence-electron chi connectivity index (χ3n) is 3.72. The SMILES string of the molecule is O=c1[nH]c2ccc(S(=O)(=O)Nc3cccc(-c4cnc[nH]4)c3)cc2[nH]1. The largest absolute Gasteiger partial charge is 0.345 e. The molecule has 25 heavy (non-hydrogen) atoms. The number of benzene rings is 2. The highest BCUT2D eigenvalue weighted by molar-refractivity contribution is 7.92. The van der Waals surface area contributed by atoms with E-state index >= 15 is 0 Å². The summed E-state index contributed by atoms with van der Waals surface area (Å²) in [6.07, 6.45) is 3.21. The summed E-state index contributed by atoms with van der Waals surface area (Å²) in [5.74, 6) is 0. The van der Waals surface area contributed by atoms with E-state index in [0.717, 1.165) is 11.3 Å². The van der Waals surface area contributed by atoms with E-state index in [1.165, 1.54) is 12.1 Å². The van der Waals surface area contributed by atoms with Gasteiger partial charge in [0.25, 0.3) is 10.0 Å². The molecule has 0 spiro atoms. The van der Waals surface area contributed by atoms with E-state index in [-0.39, 0.29) is 10.6 Å². The van der Waals surface area contributed by atoms with Crippen LogP contribution in [0.3, 0.4) is 0 Å². The molecule has 8 nitrogen and oxygen atoms in total. The van der Waals surface area contributed by atoms with E-state index in [1.54, 1.807) is 36.8 Å². The first-order chi connectivity index (χ1) is 12.0. The van der Waals surface area contributed by atoms with Crippen LogP contribution in [-0.2, 0) is 10.0 Å². The average Bonchev–Trinajstić information content (AvgIpc) is 3.22. The zero-order valence-corrected chi connectivity index (χ0v) is 13.6. The molecule has 0 aliphatic carbocycles. The van der Waals surface area contributed by atoms with Crippen LogP contribution in [0.4, 0.5) is 5.69 Å². The number of anilines is 1. The zero-order valence-electron chi connectivity index (χ0n) is 12.8. The number of nitrogens with one attached hydrogen (secondary N) is 4. The number of sulfonamides is 1. The Kier molecular flexibility index (Phi) is 3.43. The van der Waals surface area contributed by atoms with E-state index in [2.05, 4.69) is 24.7 Å². The van der Waals surface area contributed by atoms with Crippen LogP contribution in [0.1, 0.15) is 0 Å². The molecule has 4 aromatic rings. The molecular formula is C16H13N5O3S. The molecule has 0 atom stereocenters. The number of nitrogens with zero attached hydrogens (tertiary/aromatic N) is 1. The van der Waals surface area contributed by atoms with Gasteiger partial charge in [0.2, 0.25) is 0 Å². The lowest BCUT2D eigenvalue weighted by Crippen LogP contribution is -2.12. The van der Waals surface area contributed by atoms with E-state index in [0.29, 0.717) is 16.7 Å². The molecule has 126 valence electrons. The van der Waals surface area contributed by atoms with Gasteiger partial charge >= 0.3 is 5.69 Å². The van der Waals surface area contributed by atoms with Crippen LogP contribution >= 0.6 is 0 Å². The number of hydrogen-bond acceptors (Lipinski definition) is 4. The molecular weight excluding hydrogens is 342 g/mol. The van der Waals surface area contributed by atoms with Gasteiger partial charge < -0.3 is 15.0 Å². The maximum atomic E-state index is 12.6. The molecule has 0 aliphatic rings. The highest BCUT2D eigenvalue weighted by Gasteiger charge is 2.16. The fourth-order valence-electron chi connectivity index (χ4n) is 2.56. The van der Waals surface area contributed by atoms with Crippen molar-refractivity contribution in [2.45, 2.75) is 4.90 Å². The lowest BCUT2D eigenvalue weighted by molar-refractivity contribution is 0.601. The third-order valence-corrected chi connectivity index (χ3v) is 5.10. The number of hydrogen-bond donors (Lipinski definition) is 4. The highest BCUT2D eigenvalue weighted by Crippen LogP contribution is 2.23. The van der Waals surface area contributed by atoms with E-state index in [1.807, 2.05) is 6.07 Å². The molecule has 0 fully saturated rings. The molecule has 2 aromatic carbocycles. The van der Waals surface area contributed by atoms with Gasteiger partial charge in [-0.15, -0.1) is 0 Å². The molecule has 2 heterocycles. The quantitative estimate of drug-likeness (QED) is 0.447. The molecule has 2 aromatic heterocycles. The topological polar surface area (TPSA) is 124 Å². The standard InChI is InChI=1S/C16H13N5O3S/c22-16-19-13-5-4-12(7-14(13)20-16)25(23,24)21-11-3-1-2-10(6-11)15-8-17-9-18-15/h1-9,21H,(H,17,18)(H2,19,20,22). The maximum absolute atomic E-state index is 12.6. The number of fused-ring (bicyclic) bond motifs is 1. The lowest BCUT2D eigenvalue weighted by Gasteiger charge is -2.09. The number of aromatic amines is 3. The highest BCUT2D eigenvalue weighted by atomic mass is 32.2. The average molecular weight is 355 g/mol. The van der Waals surface area contributed by atoms with Crippen LogP contribution in [0.15, 0.2) is 64.7 Å². The minimum absolute atomic E-state index is 0.0576. The summed E-state index contributed by atoms with van der Waals surface area (Å²) in [5, 5.41) is 0. The van der Waals surface area contributed by atoms with Gasteiger partial charge in [0.15, 0.2) is 0 Å². The van der Waals surface area contributed by atoms with Gasteiger partial charge in [0.05, 0.1) is 34.1 Å². The van der Waals surface area contributed by atoms with Crippen LogP contribution in [0, 0.1) is 0 Å². The molecule has 0 saturated carbocycles. The van der Waals surface area contributed by atoms with Gasteiger partial charge in [-0.25, -0.2) is 18.2 Å². The summed E-state index contributed by atoms with van der Waals surface area (Å²) >= 11 is 0. The van der Waals surface area contributed by atoms with Crippen molar-refractivity contribution >= 4 is 26.7 Å². The molecule has 0 bridgehead atoms. The number of rotatable bonds is 4. The Morgan fingerprint density at radius 1 is 1.00 bits per heavy atom. The smallest absolute Gasteiger partial charge is 0.323 e. The minimum Gasteiger partial charge on any atom is -0.345 e. The van der Waals surface area contributed by atoms with Gasteiger partial charge in [-0.3, -0.25) is 4.72 Å². The van der Waals surface area contributed by atoms with Crippen molar-refractivity contribution < 1.29 is 8.42 Å².